The van der Waals surface area contributed by atoms with Crippen molar-refractivity contribution >= 4 is 44.3 Å². The molecular weight excluding hydrogens is 472 g/mol. The van der Waals surface area contributed by atoms with Gasteiger partial charge in [-0.15, -0.1) is 16.4 Å². The summed E-state index contributed by atoms with van der Waals surface area (Å²) in [7, 11) is 0. The van der Waals surface area contributed by atoms with Crippen molar-refractivity contribution in [2.45, 2.75) is 32.7 Å². The van der Waals surface area contributed by atoms with Gasteiger partial charge in [0, 0.05) is 44.1 Å². The lowest BCUT2D eigenvalue weighted by Crippen LogP contribution is -2.52. The fourth-order valence-electron chi connectivity index (χ4n) is 5.52. The molecule has 0 N–H and O–H groups in total. The van der Waals surface area contributed by atoms with Crippen molar-refractivity contribution in [3.05, 3.63) is 41.5 Å². The summed E-state index contributed by atoms with van der Waals surface area (Å²) >= 11 is 1.74. The molecule has 4 aromatic rings. The van der Waals surface area contributed by atoms with Crippen LogP contribution >= 0.6 is 11.3 Å². The summed E-state index contributed by atoms with van der Waals surface area (Å²) < 4.78 is 2.02. The van der Waals surface area contributed by atoms with E-state index in [0.717, 1.165) is 92.1 Å². The second-order valence-electron chi connectivity index (χ2n) is 9.85. The molecule has 2 fully saturated rings. The van der Waals surface area contributed by atoms with Gasteiger partial charge in [-0.05, 0) is 49.9 Å². The van der Waals surface area contributed by atoms with Gasteiger partial charge in [0.1, 0.15) is 22.5 Å². The highest BCUT2D eigenvalue weighted by atomic mass is 32.1. The van der Waals surface area contributed by atoms with E-state index in [2.05, 4.69) is 49.1 Å². The summed E-state index contributed by atoms with van der Waals surface area (Å²) in [4.78, 5) is 31.3. The van der Waals surface area contributed by atoms with Gasteiger partial charge in [0.15, 0.2) is 0 Å². The van der Waals surface area contributed by atoms with Gasteiger partial charge in [-0.1, -0.05) is 24.3 Å². The molecule has 2 saturated heterocycles. The molecule has 1 atom stereocenters. The fraction of sp³-hybridized carbons (Fsp3) is 0.500. The van der Waals surface area contributed by atoms with Crippen molar-refractivity contribution in [1.82, 2.24) is 34.8 Å². The third kappa shape index (κ3) is 4.67. The van der Waals surface area contributed by atoms with E-state index in [9.17, 15) is 4.79 Å². The van der Waals surface area contributed by atoms with Gasteiger partial charge in [-0.3, -0.25) is 9.69 Å². The first kappa shape index (κ1) is 23.3. The molecule has 2 aliphatic rings. The third-order valence-corrected chi connectivity index (χ3v) is 8.64. The van der Waals surface area contributed by atoms with Crippen LogP contribution in [-0.4, -0.2) is 86.5 Å². The highest BCUT2D eigenvalue weighted by Gasteiger charge is 2.27. The number of hydrogen-bond acceptors (Lipinski definition) is 8. The lowest BCUT2D eigenvalue weighted by atomic mass is 9.98. The Morgan fingerprint density at radius 1 is 1.11 bits per heavy atom. The highest BCUT2D eigenvalue weighted by molar-refractivity contribution is 7.18. The van der Waals surface area contributed by atoms with Crippen LogP contribution in [0.3, 0.4) is 0 Å². The Balaban J connectivity index is 1.04. The first-order valence-corrected chi connectivity index (χ1v) is 13.8. The number of benzene rings is 1. The number of para-hydroxylation sites is 1. The second kappa shape index (κ2) is 10.1. The van der Waals surface area contributed by atoms with E-state index in [1.165, 1.54) is 4.88 Å². The van der Waals surface area contributed by atoms with Gasteiger partial charge in [0.2, 0.25) is 5.91 Å². The molecule has 0 spiro atoms. The number of hydrogen-bond donors (Lipinski definition) is 0. The van der Waals surface area contributed by atoms with Crippen molar-refractivity contribution in [1.29, 1.82) is 0 Å². The maximum absolute atomic E-state index is 13.2. The minimum atomic E-state index is 0.234. The molecule has 0 saturated carbocycles. The van der Waals surface area contributed by atoms with Crippen LogP contribution in [0.15, 0.2) is 36.7 Å². The van der Waals surface area contributed by atoms with Crippen LogP contribution in [0.1, 0.15) is 24.6 Å². The van der Waals surface area contributed by atoms with Gasteiger partial charge in [0.05, 0.1) is 17.4 Å². The number of likely N-dealkylation sites (tertiary alicyclic amines) is 1. The topological polar surface area (TPSA) is 83.3 Å². The average Bonchev–Trinajstić information content (AvgIpc) is 3.53. The summed E-state index contributed by atoms with van der Waals surface area (Å²) in [6.07, 6.45) is 4.95. The maximum Gasteiger partial charge on any atom is 0.236 e. The summed E-state index contributed by atoms with van der Waals surface area (Å²) in [6, 6.07) is 10.3. The molecule has 6 rings (SSSR count). The summed E-state index contributed by atoms with van der Waals surface area (Å²) in [5.74, 6) is 1.72. The van der Waals surface area contributed by atoms with Crippen LogP contribution in [0.4, 0.5) is 5.82 Å². The van der Waals surface area contributed by atoms with E-state index < -0.39 is 0 Å². The predicted octanol–water partition coefficient (Wildman–Crippen LogP) is 3.06. The number of nitrogens with zero attached hydrogens (tertiary/aromatic N) is 8. The number of rotatable bonds is 6. The van der Waals surface area contributed by atoms with Crippen molar-refractivity contribution < 1.29 is 4.79 Å². The molecule has 2 aliphatic heterocycles. The highest BCUT2D eigenvalue weighted by Crippen LogP contribution is 2.31. The zero-order valence-corrected chi connectivity index (χ0v) is 21.5. The van der Waals surface area contributed by atoms with Gasteiger partial charge >= 0.3 is 0 Å². The molecule has 36 heavy (non-hydrogen) atoms. The lowest BCUT2D eigenvalue weighted by molar-refractivity contribution is -0.133. The van der Waals surface area contributed by atoms with Gasteiger partial charge in [-0.25, -0.2) is 14.6 Å². The molecule has 9 nitrogen and oxygen atoms in total. The molecule has 1 amide bonds. The first-order chi connectivity index (χ1) is 17.7. The number of thiophene rings is 1. The Labute approximate surface area is 214 Å². The minimum absolute atomic E-state index is 0.234. The number of piperazine rings is 1. The molecule has 10 heteroatoms. The monoisotopic (exact) mass is 504 g/mol. The Kier molecular flexibility index (Phi) is 6.54. The number of aryl methyl sites for hydroxylation is 1. The molecule has 1 unspecified atom stereocenters. The van der Waals surface area contributed by atoms with Gasteiger partial charge in [0.25, 0.3) is 0 Å². The summed E-state index contributed by atoms with van der Waals surface area (Å²) in [5, 5.41) is 9.79. The van der Waals surface area contributed by atoms with Crippen LogP contribution in [0, 0.1) is 5.92 Å². The number of carbonyl (C=O) groups is 1. The number of anilines is 1. The second-order valence-corrected chi connectivity index (χ2v) is 11.0. The molecular formula is C26H32N8OS. The van der Waals surface area contributed by atoms with E-state index in [-0.39, 0.29) is 5.91 Å². The van der Waals surface area contributed by atoms with Crippen LogP contribution in [0.5, 0.6) is 0 Å². The Morgan fingerprint density at radius 2 is 1.97 bits per heavy atom. The SMILES string of the molecule is CCc1cc2c(N3CCN(C(=O)CN4CCCC(Cn5nnc6ccccc65)C4)CC3)ncnc2s1. The van der Waals surface area contributed by atoms with Crippen LogP contribution < -0.4 is 4.90 Å². The largest absolute Gasteiger partial charge is 0.352 e. The Bertz CT molecular complexity index is 1360. The van der Waals surface area contributed by atoms with E-state index in [4.69, 9.17) is 0 Å². The van der Waals surface area contributed by atoms with Crippen LogP contribution in [0.2, 0.25) is 0 Å². The van der Waals surface area contributed by atoms with Crippen molar-refractivity contribution in [3.8, 4) is 0 Å². The minimum Gasteiger partial charge on any atom is -0.352 e. The number of carbonyl (C=O) groups excluding carboxylic acids is 1. The summed E-state index contributed by atoms with van der Waals surface area (Å²) in [5.41, 5.74) is 2.02. The van der Waals surface area contributed by atoms with Crippen molar-refractivity contribution in [2.75, 3.05) is 50.7 Å². The summed E-state index contributed by atoms with van der Waals surface area (Å²) in [6.45, 7) is 8.50. The smallest absolute Gasteiger partial charge is 0.236 e. The standard InChI is InChI=1S/C26H32N8OS/c1-2-20-14-21-25(27-18-28-26(21)36-20)33-12-10-32(11-13-33)24(35)17-31-9-5-6-19(15-31)16-34-23-8-4-3-7-22(23)29-30-34/h3-4,7-8,14,18-19H,2,5-6,9-13,15-17H2,1H3. The van der Waals surface area contributed by atoms with E-state index in [1.54, 1.807) is 17.7 Å². The van der Waals surface area contributed by atoms with Crippen molar-refractivity contribution in [2.24, 2.45) is 5.92 Å². The average molecular weight is 505 g/mol. The fourth-order valence-corrected chi connectivity index (χ4v) is 6.45. The first-order valence-electron chi connectivity index (χ1n) is 12.9. The zero-order valence-electron chi connectivity index (χ0n) is 20.7. The van der Waals surface area contributed by atoms with E-state index >= 15 is 0 Å². The number of fused-ring (bicyclic) bond motifs is 2. The third-order valence-electron chi connectivity index (χ3n) is 7.45. The lowest BCUT2D eigenvalue weighted by Gasteiger charge is -2.38. The van der Waals surface area contributed by atoms with Gasteiger partial charge < -0.3 is 9.80 Å². The molecule has 0 radical (unpaired) electrons. The molecule has 0 aliphatic carbocycles. The normalized spacial score (nSPS) is 19.4. The number of amides is 1. The number of aromatic nitrogens is 5. The van der Waals surface area contributed by atoms with Crippen molar-refractivity contribution in [3.63, 3.8) is 0 Å². The quantitative estimate of drug-likeness (QED) is 0.399. The Morgan fingerprint density at radius 3 is 2.83 bits per heavy atom. The van der Waals surface area contributed by atoms with Crippen LogP contribution in [-0.2, 0) is 17.8 Å². The zero-order chi connectivity index (χ0) is 24.5. The molecule has 188 valence electrons. The Hall–Kier alpha value is -3.11. The number of piperidine rings is 1. The molecule has 1 aromatic carbocycles. The molecule has 5 heterocycles. The van der Waals surface area contributed by atoms with Gasteiger partial charge in [-0.2, -0.15) is 0 Å². The molecule has 0 bridgehead atoms. The van der Waals surface area contributed by atoms with E-state index in [0.29, 0.717) is 12.5 Å². The molecule has 3 aromatic heterocycles. The predicted molar refractivity (Wildman–Crippen MR) is 142 cm³/mol. The van der Waals surface area contributed by atoms with E-state index in [1.807, 2.05) is 27.8 Å². The maximum atomic E-state index is 13.2. The van der Waals surface area contributed by atoms with Crippen LogP contribution in [0.25, 0.3) is 21.3 Å².